The summed E-state index contributed by atoms with van der Waals surface area (Å²) in [5.74, 6) is 0. The Morgan fingerprint density at radius 1 is 1.36 bits per heavy atom. The van der Waals surface area contributed by atoms with Gasteiger partial charge in [-0.3, -0.25) is 0 Å². The number of hydrogen-bond donors (Lipinski definition) is 0. The minimum absolute atomic E-state index is 0. The molecular weight excluding hydrogens is 208 g/mol. The number of hydrogen-bond acceptors (Lipinski definition) is 3. The molecule has 0 bridgehead atoms. The van der Waals surface area contributed by atoms with Gasteiger partial charge in [-0.15, -0.1) is 0 Å². The van der Waals surface area contributed by atoms with Crippen molar-refractivity contribution in [3.8, 4) is 0 Å². The quantitative estimate of drug-likeness (QED) is 0.410. The normalized spacial score (nSPS) is 11.7. The fourth-order valence-electron chi connectivity index (χ4n) is 1.16. The van der Waals surface area contributed by atoms with E-state index >= 15 is 0 Å². The molecule has 5 heteroatoms. The van der Waals surface area contributed by atoms with Crippen molar-refractivity contribution in [2.24, 2.45) is 0 Å². The van der Waals surface area contributed by atoms with Gasteiger partial charge in [0, 0.05) is 27.8 Å². The summed E-state index contributed by atoms with van der Waals surface area (Å²) in [6.45, 7) is 1.81. The Labute approximate surface area is 107 Å². The number of anilines is 1. The molecule has 0 aliphatic heterocycles. The molecule has 0 radical (unpaired) electrons. The maximum atomic E-state index is 10.8. The molecule has 1 aromatic rings. The fourth-order valence-corrected chi connectivity index (χ4v) is 1.77. The van der Waals surface area contributed by atoms with E-state index in [0.29, 0.717) is 5.30 Å². The maximum absolute atomic E-state index is 10.8. The van der Waals surface area contributed by atoms with Crippen molar-refractivity contribution < 1.29 is 39.0 Å². The SMILES string of the molecule is Cc1cc(N(C)C)ccc1[PH](=O)[O-].[Na+]. The zero-order valence-electron chi connectivity index (χ0n) is 9.00. The molecule has 0 aliphatic rings. The van der Waals surface area contributed by atoms with Crippen LogP contribution in [-0.2, 0) is 4.57 Å². The largest absolute Gasteiger partial charge is 1.00 e. The third-order valence-corrected chi connectivity index (χ3v) is 2.95. The molecule has 0 N–H and O–H groups in total. The van der Waals surface area contributed by atoms with Crippen LogP contribution in [0, 0.1) is 6.92 Å². The number of benzene rings is 1. The van der Waals surface area contributed by atoms with Crippen molar-refractivity contribution in [1.82, 2.24) is 0 Å². The number of nitrogens with zero attached hydrogens (tertiary/aromatic N) is 1. The molecule has 0 aromatic heterocycles. The van der Waals surface area contributed by atoms with Gasteiger partial charge in [0.25, 0.3) is 0 Å². The first-order valence-electron chi connectivity index (χ1n) is 4.01. The Hall–Kier alpha value is 0.210. The van der Waals surface area contributed by atoms with E-state index < -0.39 is 8.03 Å². The van der Waals surface area contributed by atoms with Gasteiger partial charge < -0.3 is 14.4 Å². The van der Waals surface area contributed by atoms with Crippen molar-refractivity contribution in [2.75, 3.05) is 19.0 Å². The molecular formula is C9H13NNaO2P. The van der Waals surface area contributed by atoms with Crippen LogP contribution in [-0.4, -0.2) is 14.1 Å². The van der Waals surface area contributed by atoms with Gasteiger partial charge in [0.15, 0.2) is 0 Å². The third-order valence-electron chi connectivity index (χ3n) is 1.95. The Kier molecular flexibility index (Phi) is 6.03. The molecule has 1 aromatic carbocycles. The predicted octanol–water partition coefficient (Wildman–Crippen LogP) is -2.47. The zero-order chi connectivity index (χ0) is 10.0. The van der Waals surface area contributed by atoms with Crippen LogP contribution in [0.4, 0.5) is 5.69 Å². The van der Waals surface area contributed by atoms with Gasteiger partial charge >= 0.3 is 29.6 Å². The van der Waals surface area contributed by atoms with E-state index in [-0.39, 0.29) is 29.6 Å². The Balaban J connectivity index is 0.00000169. The van der Waals surface area contributed by atoms with E-state index in [9.17, 15) is 9.46 Å². The van der Waals surface area contributed by atoms with Gasteiger partial charge in [0.05, 0.1) is 0 Å². The van der Waals surface area contributed by atoms with Crippen molar-refractivity contribution in [3.63, 3.8) is 0 Å². The summed E-state index contributed by atoms with van der Waals surface area (Å²) in [5, 5.41) is 0.440. The minimum atomic E-state index is -2.80. The minimum Gasteiger partial charge on any atom is -0.798 e. The zero-order valence-corrected chi connectivity index (χ0v) is 12.0. The van der Waals surface area contributed by atoms with Crippen LogP contribution in [0.2, 0.25) is 0 Å². The molecule has 14 heavy (non-hydrogen) atoms. The van der Waals surface area contributed by atoms with Crippen molar-refractivity contribution in [1.29, 1.82) is 0 Å². The van der Waals surface area contributed by atoms with Crippen LogP contribution >= 0.6 is 8.03 Å². The summed E-state index contributed by atoms with van der Waals surface area (Å²) in [6.07, 6.45) is 0. The molecule has 1 rings (SSSR count). The van der Waals surface area contributed by atoms with E-state index in [2.05, 4.69) is 0 Å². The first-order chi connectivity index (χ1) is 6.02. The molecule has 0 aliphatic carbocycles. The monoisotopic (exact) mass is 221 g/mol. The maximum Gasteiger partial charge on any atom is 1.00 e. The molecule has 0 heterocycles. The molecule has 0 fully saturated rings. The number of rotatable bonds is 2. The average molecular weight is 221 g/mol. The van der Waals surface area contributed by atoms with Crippen molar-refractivity contribution in [3.05, 3.63) is 23.8 Å². The first-order valence-corrected chi connectivity index (χ1v) is 5.33. The molecule has 72 valence electrons. The predicted molar refractivity (Wildman–Crippen MR) is 54.1 cm³/mol. The van der Waals surface area contributed by atoms with E-state index in [4.69, 9.17) is 0 Å². The van der Waals surface area contributed by atoms with Gasteiger partial charge in [-0.1, -0.05) is 6.07 Å². The molecule has 0 saturated carbocycles. The van der Waals surface area contributed by atoms with Crippen LogP contribution in [0.15, 0.2) is 18.2 Å². The van der Waals surface area contributed by atoms with Crippen LogP contribution in [0.3, 0.4) is 0 Å². The topological polar surface area (TPSA) is 43.4 Å². The average Bonchev–Trinajstić information content (AvgIpc) is 2.03. The van der Waals surface area contributed by atoms with E-state index in [1.807, 2.05) is 38.1 Å². The third kappa shape index (κ3) is 3.41. The summed E-state index contributed by atoms with van der Waals surface area (Å²) >= 11 is 0. The fraction of sp³-hybridized carbons (Fsp3) is 0.333. The summed E-state index contributed by atoms with van der Waals surface area (Å²) in [4.78, 5) is 12.7. The first kappa shape index (κ1) is 14.2. The Bertz CT molecular complexity index is 342. The summed E-state index contributed by atoms with van der Waals surface area (Å²) in [5.41, 5.74) is 1.83. The summed E-state index contributed by atoms with van der Waals surface area (Å²) < 4.78 is 10.8. The van der Waals surface area contributed by atoms with E-state index in [1.54, 1.807) is 6.07 Å². The smallest absolute Gasteiger partial charge is 0.798 e. The van der Waals surface area contributed by atoms with Gasteiger partial charge in [0.1, 0.15) is 0 Å². The standard InChI is InChI=1S/C9H14NO2P.Na/c1-7-6-8(10(2)3)4-5-9(7)13(11)12;/h4-6,13H,1-3H3,(H,11,12);/q;+1/p-1. The van der Waals surface area contributed by atoms with E-state index in [1.165, 1.54) is 0 Å². The van der Waals surface area contributed by atoms with Gasteiger partial charge in [-0.05, 0) is 29.9 Å². The van der Waals surface area contributed by atoms with Gasteiger partial charge in [-0.2, -0.15) is 0 Å². The molecule has 3 nitrogen and oxygen atoms in total. The number of aryl methyl sites for hydroxylation is 1. The molecule has 0 amide bonds. The van der Waals surface area contributed by atoms with Crippen LogP contribution in [0.5, 0.6) is 0 Å². The summed E-state index contributed by atoms with van der Waals surface area (Å²) in [6, 6.07) is 5.33. The molecule has 0 spiro atoms. The van der Waals surface area contributed by atoms with Crippen LogP contribution in [0.25, 0.3) is 0 Å². The van der Waals surface area contributed by atoms with Crippen molar-refractivity contribution >= 4 is 19.0 Å². The van der Waals surface area contributed by atoms with Gasteiger partial charge in [0.2, 0.25) is 0 Å². The molecule has 0 saturated heterocycles. The Morgan fingerprint density at radius 3 is 2.29 bits per heavy atom. The van der Waals surface area contributed by atoms with Crippen molar-refractivity contribution in [2.45, 2.75) is 6.92 Å². The van der Waals surface area contributed by atoms with E-state index in [0.717, 1.165) is 11.3 Å². The second-order valence-corrected chi connectivity index (χ2v) is 4.29. The van der Waals surface area contributed by atoms with Crippen LogP contribution < -0.4 is 44.7 Å². The second-order valence-electron chi connectivity index (χ2n) is 3.18. The second kappa shape index (κ2) is 5.94. The van der Waals surface area contributed by atoms with Gasteiger partial charge in [-0.25, -0.2) is 0 Å². The summed E-state index contributed by atoms with van der Waals surface area (Å²) in [7, 11) is 1.05. The molecule has 1 unspecified atom stereocenters. The molecule has 1 atom stereocenters. The van der Waals surface area contributed by atoms with Crippen LogP contribution in [0.1, 0.15) is 5.56 Å². The Morgan fingerprint density at radius 2 is 1.93 bits per heavy atom.